The third-order valence-electron chi connectivity index (χ3n) is 2.96. The molecule has 8 heteroatoms. The first-order valence-electron chi connectivity index (χ1n) is 6.32. The highest BCUT2D eigenvalue weighted by Crippen LogP contribution is 2.24. The first-order valence-corrected chi connectivity index (χ1v) is 6.32. The second-order valence-electron chi connectivity index (χ2n) is 4.65. The number of anilines is 1. The van der Waals surface area contributed by atoms with E-state index in [0.29, 0.717) is 29.7 Å². The Bertz CT molecular complexity index is 687. The molecule has 0 fully saturated rings. The lowest BCUT2D eigenvalue weighted by Crippen LogP contribution is -2.24. The van der Waals surface area contributed by atoms with Crippen LogP contribution in [0.4, 0.5) is 11.5 Å². The van der Waals surface area contributed by atoms with Crippen LogP contribution >= 0.6 is 0 Å². The van der Waals surface area contributed by atoms with E-state index in [2.05, 4.69) is 15.3 Å². The van der Waals surface area contributed by atoms with Crippen molar-refractivity contribution >= 4 is 28.3 Å². The lowest BCUT2D eigenvalue weighted by Gasteiger charge is -2.11. The van der Waals surface area contributed by atoms with E-state index in [9.17, 15) is 14.9 Å². The van der Waals surface area contributed by atoms with Crippen molar-refractivity contribution in [1.82, 2.24) is 14.9 Å². The minimum Gasteiger partial charge on any atom is -0.369 e. The molecular formula is C13H15N5O3. The molecular weight excluding hydrogens is 274 g/mol. The number of carbonyl (C=O) groups excluding carboxylic acids is 1. The summed E-state index contributed by atoms with van der Waals surface area (Å²) in [6.45, 7) is 0.395. The number of aromatic nitrogens is 2. The molecule has 1 N–H and O–H groups in total. The summed E-state index contributed by atoms with van der Waals surface area (Å²) in [5.74, 6) is 0.474. The summed E-state index contributed by atoms with van der Waals surface area (Å²) >= 11 is 0. The molecule has 0 saturated carbocycles. The number of non-ortho nitro benzene ring substituents is 1. The van der Waals surface area contributed by atoms with Crippen LogP contribution in [0.15, 0.2) is 24.5 Å². The Morgan fingerprint density at radius 1 is 1.38 bits per heavy atom. The second-order valence-corrected chi connectivity index (χ2v) is 4.65. The summed E-state index contributed by atoms with van der Waals surface area (Å²) in [4.78, 5) is 31.5. The number of nitro benzene ring substituents is 1. The van der Waals surface area contributed by atoms with Gasteiger partial charge in [-0.2, -0.15) is 0 Å². The fraction of sp³-hybridized carbons (Fsp3) is 0.308. The van der Waals surface area contributed by atoms with Crippen LogP contribution in [0.3, 0.4) is 0 Å². The van der Waals surface area contributed by atoms with Crippen molar-refractivity contribution < 1.29 is 9.72 Å². The van der Waals surface area contributed by atoms with Crippen LogP contribution in [0.5, 0.6) is 0 Å². The Morgan fingerprint density at radius 3 is 2.81 bits per heavy atom. The molecule has 0 aliphatic heterocycles. The summed E-state index contributed by atoms with van der Waals surface area (Å²) in [5.41, 5.74) is 0.585. The standard InChI is InChI=1S/C13H15N5O3/c1-17(2)12(19)5-6-14-13-10-7-9(18(20)21)3-4-11(10)15-8-16-13/h3-4,7-8H,5-6H2,1-2H3,(H,14,15,16). The second kappa shape index (κ2) is 6.12. The molecule has 0 unspecified atom stereocenters. The molecule has 0 saturated heterocycles. The Balaban J connectivity index is 2.21. The Morgan fingerprint density at radius 2 is 2.14 bits per heavy atom. The number of nitro groups is 1. The minimum absolute atomic E-state index is 0.00755. The lowest BCUT2D eigenvalue weighted by atomic mass is 10.2. The Labute approximate surface area is 121 Å². The largest absolute Gasteiger partial charge is 0.369 e. The van der Waals surface area contributed by atoms with Crippen LogP contribution in [0, 0.1) is 10.1 Å². The van der Waals surface area contributed by atoms with Crippen LogP contribution in [0.25, 0.3) is 10.9 Å². The molecule has 0 aliphatic carbocycles. The molecule has 0 aliphatic rings. The number of hydrogen-bond acceptors (Lipinski definition) is 6. The third-order valence-corrected chi connectivity index (χ3v) is 2.96. The van der Waals surface area contributed by atoms with Gasteiger partial charge in [0.1, 0.15) is 12.1 Å². The summed E-state index contributed by atoms with van der Waals surface area (Å²) in [6, 6.07) is 4.39. The van der Waals surface area contributed by atoms with Gasteiger partial charge in [-0.3, -0.25) is 14.9 Å². The van der Waals surface area contributed by atoms with Gasteiger partial charge in [0.25, 0.3) is 5.69 Å². The monoisotopic (exact) mass is 289 g/mol. The van der Waals surface area contributed by atoms with E-state index in [4.69, 9.17) is 0 Å². The van der Waals surface area contributed by atoms with Gasteiger partial charge in [-0.05, 0) is 6.07 Å². The maximum Gasteiger partial charge on any atom is 0.270 e. The smallest absolute Gasteiger partial charge is 0.270 e. The van der Waals surface area contributed by atoms with E-state index in [1.165, 1.54) is 23.4 Å². The van der Waals surface area contributed by atoms with Crippen molar-refractivity contribution in [3.63, 3.8) is 0 Å². The van der Waals surface area contributed by atoms with Gasteiger partial charge in [0.2, 0.25) is 5.91 Å². The fourth-order valence-corrected chi connectivity index (χ4v) is 1.81. The van der Waals surface area contributed by atoms with E-state index in [1.54, 1.807) is 20.2 Å². The molecule has 2 aromatic rings. The number of rotatable bonds is 5. The van der Waals surface area contributed by atoms with Gasteiger partial charge >= 0.3 is 0 Å². The average molecular weight is 289 g/mol. The molecule has 21 heavy (non-hydrogen) atoms. The molecule has 0 atom stereocenters. The van der Waals surface area contributed by atoms with Crippen molar-refractivity contribution in [2.24, 2.45) is 0 Å². The first-order chi connectivity index (χ1) is 9.99. The van der Waals surface area contributed by atoms with Gasteiger partial charge in [-0.25, -0.2) is 9.97 Å². The molecule has 0 spiro atoms. The quantitative estimate of drug-likeness (QED) is 0.660. The zero-order valence-electron chi connectivity index (χ0n) is 11.7. The van der Waals surface area contributed by atoms with Gasteiger partial charge in [0.05, 0.1) is 10.4 Å². The molecule has 1 amide bonds. The third kappa shape index (κ3) is 3.41. The Hall–Kier alpha value is -2.77. The number of nitrogens with zero attached hydrogens (tertiary/aromatic N) is 4. The van der Waals surface area contributed by atoms with Crippen LogP contribution in [0.2, 0.25) is 0 Å². The number of nitrogens with one attached hydrogen (secondary N) is 1. The average Bonchev–Trinajstić information content (AvgIpc) is 2.46. The number of carbonyl (C=O) groups is 1. The summed E-state index contributed by atoms with van der Waals surface area (Å²) in [5, 5.41) is 14.4. The van der Waals surface area contributed by atoms with Crippen molar-refractivity contribution in [1.29, 1.82) is 0 Å². The predicted molar refractivity (Wildman–Crippen MR) is 78.0 cm³/mol. The normalized spacial score (nSPS) is 10.4. The maximum absolute atomic E-state index is 11.5. The summed E-state index contributed by atoms with van der Waals surface area (Å²) in [6.07, 6.45) is 1.69. The summed E-state index contributed by atoms with van der Waals surface area (Å²) in [7, 11) is 3.37. The summed E-state index contributed by atoms with van der Waals surface area (Å²) < 4.78 is 0. The molecule has 1 aromatic heterocycles. The SMILES string of the molecule is CN(C)C(=O)CCNc1ncnc2ccc([N+](=O)[O-])cc12. The maximum atomic E-state index is 11.5. The molecule has 8 nitrogen and oxygen atoms in total. The number of hydrogen-bond donors (Lipinski definition) is 1. The van der Waals surface area contributed by atoms with Gasteiger partial charge in [0.15, 0.2) is 0 Å². The highest BCUT2D eigenvalue weighted by Gasteiger charge is 2.11. The van der Waals surface area contributed by atoms with Gasteiger partial charge < -0.3 is 10.2 Å². The fourth-order valence-electron chi connectivity index (χ4n) is 1.81. The van der Waals surface area contributed by atoms with Crippen LogP contribution in [-0.2, 0) is 4.79 Å². The lowest BCUT2D eigenvalue weighted by molar-refractivity contribution is -0.384. The van der Waals surface area contributed by atoms with Crippen molar-refractivity contribution in [3.8, 4) is 0 Å². The van der Waals surface area contributed by atoms with Crippen molar-refractivity contribution in [3.05, 3.63) is 34.6 Å². The molecule has 1 aromatic carbocycles. The number of fused-ring (bicyclic) bond motifs is 1. The molecule has 1 heterocycles. The van der Waals surface area contributed by atoms with E-state index in [0.717, 1.165) is 0 Å². The van der Waals surface area contributed by atoms with Gasteiger partial charge in [0, 0.05) is 44.6 Å². The van der Waals surface area contributed by atoms with Gasteiger partial charge in [-0.15, -0.1) is 0 Å². The molecule has 110 valence electrons. The van der Waals surface area contributed by atoms with E-state index < -0.39 is 4.92 Å². The Kier molecular flexibility index (Phi) is 4.27. The van der Waals surface area contributed by atoms with Crippen LogP contribution in [0.1, 0.15) is 6.42 Å². The highest BCUT2D eigenvalue weighted by atomic mass is 16.6. The molecule has 0 bridgehead atoms. The van der Waals surface area contributed by atoms with Crippen molar-refractivity contribution in [2.45, 2.75) is 6.42 Å². The number of benzene rings is 1. The predicted octanol–water partition coefficient (Wildman–Crippen LogP) is 1.43. The van der Waals surface area contributed by atoms with Crippen molar-refractivity contribution in [2.75, 3.05) is 26.0 Å². The first kappa shape index (κ1) is 14.6. The van der Waals surface area contributed by atoms with E-state index >= 15 is 0 Å². The van der Waals surface area contributed by atoms with E-state index in [1.807, 2.05) is 0 Å². The zero-order valence-corrected chi connectivity index (χ0v) is 11.7. The molecule has 2 rings (SSSR count). The number of amides is 1. The van der Waals surface area contributed by atoms with Crippen LogP contribution < -0.4 is 5.32 Å². The van der Waals surface area contributed by atoms with Crippen LogP contribution in [-0.4, -0.2) is 46.3 Å². The minimum atomic E-state index is -0.466. The molecule has 0 radical (unpaired) electrons. The zero-order chi connectivity index (χ0) is 15.4. The van der Waals surface area contributed by atoms with Gasteiger partial charge in [-0.1, -0.05) is 0 Å². The topological polar surface area (TPSA) is 101 Å². The highest BCUT2D eigenvalue weighted by molar-refractivity contribution is 5.90. The van der Waals surface area contributed by atoms with E-state index in [-0.39, 0.29) is 11.6 Å².